The summed E-state index contributed by atoms with van der Waals surface area (Å²) in [6, 6.07) is 0. The predicted octanol–water partition coefficient (Wildman–Crippen LogP) is 0.0363. The van der Waals surface area contributed by atoms with Crippen molar-refractivity contribution >= 4 is 27.6 Å². The summed E-state index contributed by atoms with van der Waals surface area (Å²) >= 11 is 0.763. The second kappa shape index (κ2) is 5.81. The van der Waals surface area contributed by atoms with Crippen LogP contribution in [-0.4, -0.2) is 31.8 Å². The number of ether oxygens (including phenoxy) is 1. The van der Waals surface area contributed by atoms with E-state index in [1.165, 1.54) is 4.57 Å². The molecule has 8 nitrogen and oxygen atoms in total. The number of hydrogen-bond donors (Lipinski definition) is 3. The van der Waals surface area contributed by atoms with Gasteiger partial charge in [0, 0.05) is 0 Å². The van der Waals surface area contributed by atoms with Crippen molar-refractivity contribution < 1.29 is 9.84 Å². The minimum atomic E-state index is -0.777. The molecule has 23 heavy (non-hydrogen) atoms. The Labute approximate surface area is 134 Å². The van der Waals surface area contributed by atoms with E-state index in [0.29, 0.717) is 12.8 Å². The number of nitrogens with one attached hydrogen (secondary N) is 1. The summed E-state index contributed by atoms with van der Waals surface area (Å²) < 4.78 is 7.25. The van der Waals surface area contributed by atoms with Crippen LogP contribution in [0.4, 0.5) is 5.95 Å². The molecular formula is C14H16N4O4S. The number of aliphatic hydroxyl groups is 1. The fourth-order valence-corrected chi connectivity index (χ4v) is 3.61. The maximum atomic E-state index is 12.3. The molecule has 4 N–H and O–H groups in total. The standard InChI is InChI=1S/C14H16N4O4S/c1-3-6-5-8(7(19)4-2)22-12(6)18-10-9(23-14(18)21)11(20)17-13(15)16-10/h1,6-8,12,19H,4-5H2,2H3,(H3,15,16,17,20)/t6-,7+,8+,12-/m1/s1. The molecule has 1 aliphatic rings. The Kier molecular flexibility index (Phi) is 3.97. The highest BCUT2D eigenvalue weighted by Crippen LogP contribution is 2.36. The average Bonchev–Trinajstić information content (AvgIpc) is 3.07. The number of aromatic amines is 1. The Morgan fingerprint density at radius 1 is 1.65 bits per heavy atom. The number of H-pyrrole nitrogens is 1. The zero-order valence-electron chi connectivity index (χ0n) is 12.4. The number of terminal acetylenes is 1. The molecule has 0 aliphatic carbocycles. The molecule has 0 unspecified atom stereocenters. The zero-order valence-corrected chi connectivity index (χ0v) is 13.2. The summed E-state index contributed by atoms with van der Waals surface area (Å²) in [6.45, 7) is 1.83. The molecule has 2 aromatic rings. The third kappa shape index (κ3) is 2.55. The number of rotatable bonds is 3. The van der Waals surface area contributed by atoms with Crippen LogP contribution in [0.15, 0.2) is 9.59 Å². The first-order valence-electron chi connectivity index (χ1n) is 7.16. The monoisotopic (exact) mass is 336 g/mol. The van der Waals surface area contributed by atoms with E-state index in [1.54, 1.807) is 0 Å². The highest BCUT2D eigenvalue weighted by Gasteiger charge is 2.40. The van der Waals surface area contributed by atoms with Crippen LogP contribution in [-0.2, 0) is 4.74 Å². The molecular weight excluding hydrogens is 320 g/mol. The number of anilines is 1. The second-order valence-electron chi connectivity index (χ2n) is 5.39. The van der Waals surface area contributed by atoms with Crippen molar-refractivity contribution in [3.63, 3.8) is 0 Å². The number of nitrogens with two attached hydrogens (primary N) is 1. The van der Waals surface area contributed by atoms with Gasteiger partial charge < -0.3 is 15.6 Å². The molecule has 1 saturated heterocycles. The van der Waals surface area contributed by atoms with Crippen molar-refractivity contribution in [2.24, 2.45) is 5.92 Å². The van der Waals surface area contributed by atoms with Gasteiger partial charge in [-0.25, -0.2) is 0 Å². The van der Waals surface area contributed by atoms with E-state index in [-0.39, 0.29) is 16.3 Å². The maximum Gasteiger partial charge on any atom is 0.311 e. The van der Waals surface area contributed by atoms with E-state index < -0.39 is 34.8 Å². The lowest BCUT2D eigenvalue weighted by atomic mass is 10.0. The van der Waals surface area contributed by atoms with Gasteiger partial charge in [0.05, 0.1) is 18.1 Å². The van der Waals surface area contributed by atoms with Gasteiger partial charge in [-0.3, -0.25) is 19.1 Å². The van der Waals surface area contributed by atoms with Gasteiger partial charge in [-0.2, -0.15) is 4.98 Å². The van der Waals surface area contributed by atoms with Crippen LogP contribution in [0, 0.1) is 18.3 Å². The molecule has 0 radical (unpaired) electrons. The second-order valence-corrected chi connectivity index (χ2v) is 6.35. The van der Waals surface area contributed by atoms with E-state index in [2.05, 4.69) is 15.9 Å². The smallest absolute Gasteiger partial charge is 0.311 e. The first-order valence-corrected chi connectivity index (χ1v) is 7.98. The largest absolute Gasteiger partial charge is 0.390 e. The molecule has 0 spiro atoms. The van der Waals surface area contributed by atoms with Gasteiger partial charge >= 0.3 is 4.87 Å². The molecule has 4 atom stereocenters. The topological polar surface area (TPSA) is 123 Å². The third-order valence-electron chi connectivity index (χ3n) is 3.95. The van der Waals surface area contributed by atoms with E-state index in [4.69, 9.17) is 16.9 Å². The van der Waals surface area contributed by atoms with Crippen molar-refractivity contribution in [3.05, 3.63) is 20.0 Å². The van der Waals surface area contributed by atoms with Crippen molar-refractivity contribution in [1.29, 1.82) is 0 Å². The van der Waals surface area contributed by atoms with Gasteiger partial charge in [0.2, 0.25) is 5.95 Å². The molecule has 0 aromatic carbocycles. The molecule has 122 valence electrons. The Balaban J connectivity index is 2.13. The third-order valence-corrected chi connectivity index (χ3v) is 4.90. The van der Waals surface area contributed by atoms with Gasteiger partial charge in [-0.1, -0.05) is 24.2 Å². The summed E-state index contributed by atoms with van der Waals surface area (Å²) in [7, 11) is 0. The molecule has 0 bridgehead atoms. The SMILES string of the molecule is C#C[C@@H]1C[C@@H]([C@@H](O)CC)O[C@H]1n1c(=O)sc2c(=O)[nH]c(N)nc21. The Bertz CT molecular complexity index is 893. The van der Waals surface area contributed by atoms with E-state index in [9.17, 15) is 14.7 Å². The van der Waals surface area contributed by atoms with Gasteiger partial charge in [-0.15, -0.1) is 6.42 Å². The summed E-state index contributed by atoms with van der Waals surface area (Å²) in [5, 5.41) is 9.99. The normalized spacial score (nSPS) is 25.5. The first-order chi connectivity index (χ1) is 11.0. The van der Waals surface area contributed by atoms with Gasteiger partial charge in [0.1, 0.15) is 4.70 Å². The van der Waals surface area contributed by atoms with Crippen LogP contribution in [0.3, 0.4) is 0 Å². The number of hydrogen-bond acceptors (Lipinski definition) is 7. The predicted molar refractivity (Wildman–Crippen MR) is 86.1 cm³/mol. The Morgan fingerprint density at radius 3 is 3.04 bits per heavy atom. The van der Waals surface area contributed by atoms with E-state index >= 15 is 0 Å². The molecule has 1 fully saturated rings. The minimum Gasteiger partial charge on any atom is -0.390 e. The van der Waals surface area contributed by atoms with Crippen LogP contribution in [0.2, 0.25) is 0 Å². The van der Waals surface area contributed by atoms with Crippen LogP contribution < -0.4 is 16.2 Å². The van der Waals surface area contributed by atoms with Crippen molar-refractivity contribution in [2.45, 2.75) is 38.2 Å². The van der Waals surface area contributed by atoms with Crippen LogP contribution in [0.1, 0.15) is 26.0 Å². The average molecular weight is 336 g/mol. The summed E-state index contributed by atoms with van der Waals surface area (Å²) in [6.07, 6.45) is 4.58. The number of nitrogen functional groups attached to an aromatic ring is 1. The maximum absolute atomic E-state index is 12.3. The quantitative estimate of drug-likeness (QED) is 0.680. The fraction of sp³-hybridized carbons (Fsp3) is 0.500. The molecule has 0 amide bonds. The molecule has 3 heterocycles. The van der Waals surface area contributed by atoms with Crippen molar-refractivity contribution in [3.8, 4) is 12.3 Å². The number of thiazole rings is 1. The van der Waals surface area contributed by atoms with Gasteiger partial charge in [-0.05, 0) is 12.8 Å². The molecule has 2 aromatic heterocycles. The van der Waals surface area contributed by atoms with Crippen molar-refractivity contribution in [1.82, 2.24) is 14.5 Å². The van der Waals surface area contributed by atoms with Crippen molar-refractivity contribution in [2.75, 3.05) is 5.73 Å². The molecule has 3 rings (SSSR count). The Hall–Kier alpha value is -2.15. The Morgan fingerprint density at radius 2 is 2.39 bits per heavy atom. The fourth-order valence-electron chi connectivity index (χ4n) is 2.77. The number of nitrogens with zero attached hydrogens (tertiary/aromatic N) is 2. The van der Waals surface area contributed by atoms with Crippen LogP contribution in [0.5, 0.6) is 0 Å². The van der Waals surface area contributed by atoms with E-state index in [0.717, 1.165) is 11.3 Å². The zero-order chi connectivity index (χ0) is 16.7. The number of aliphatic hydroxyl groups excluding tert-OH is 1. The lowest BCUT2D eigenvalue weighted by Crippen LogP contribution is -2.27. The molecule has 0 saturated carbocycles. The van der Waals surface area contributed by atoms with Crippen LogP contribution >= 0.6 is 11.3 Å². The highest BCUT2D eigenvalue weighted by molar-refractivity contribution is 7.16. The van der Waals surface area contributed by atoms with E-state index in [1.807, 2.05) is 6.92 Å². The lowest BCUT2D eigenvalue weighted by molar-refractivity contribution is -0.0624. The summed E-state index contributed by atoms with van der Waals surface area (Å²) in [5.41, 5.74) is 5.24. The molecule has 9 heteroatoms. The van der Waals surface area contributed by atoms with Gasteiger partial charge in [0.25, 0.3) is 5.56 Å². The van der Waals surface area contributed by atoms with Gasteiger partial charge in [0.15, 0.2) is 11.9 Å². The highest BCUT2D eigenvalue weighted by atomic mass is 32.1. The summed E-state index contributed by atoms with van der Waals surface area (Å²) in [4.78, 5) is 30.2. The number of fused-ring (bicyclic) bond motifs is 1. The van der Waals surface area contributed by atoms with Crippen LogP contribution in [0.25, 0.3) is 10.3 Å². The minimum absolute atomic E-state index is 0.0885. The number of aromatic nitrogens is 3. The lowest BCUT2D eigenvalue weighted by Gasteiger charge is -2.18. The summed E-state index contributed by atoms with van der Waals surface area (Å²) in [5.74, 6) is 2.10. The first kappa shape index (κ1) is 15.7. The molecule has 1 aliphatic heterocycles.